The normalized spacial score (nSPS) is 20.7. The van der Waals surface area contributed by atoms with Gasteiger partial charge in [-0.3, -0.25) is 24.6 Å². The van der Waals surface area contributed by atoms with Crippen molar-refractivity contribution in [2.45, 2.75) is 18.6 Å². The van der Waals surface area contributed by atoms with Crippen molar-refractivity contribution in [3.63, 3.8) is 0 Å². The number of carbonyl (C=O) groups is 3. The minimum atomic E-state index is -0.595. The van der Waals surface area contributed by atoms with Crippen molar-refractivity contribution in [2.75, 3.05) is 43.6 Å². The highest BCUT2D eigenvalue weighted by Gasteiger charge is 2.36. The number of anilines is 2. The number of non-ortho nitro benzene ring substituents is 1. The van der Waals surface area contributed by atoms with E-state index in [1.54, 1.807) is 36.2 Å². The van der Waals surface area contributed by atoms with Gasteiger partial charge in [0.15, 0.2) is 0 Å². The van der Waals surface area contributed by atoms with Crippen molar-refractivity contribution < 1.29 is 28.8 Å². The van der Waals surface area contributed by atoms with E-state index >= 15 is 0 Å². The Morgan fingerprint density at radius 1 is 1.15 bits per heavy atom. The number of rotatable bonds is 6. The zero-order chi connectivity index (χ0) is 24.2. The fourth-order valence-electron chi connectivity index (χ4n) is 4.02. The standard InChI is InChI=1S/C23H24N4O7/c1-25-13-19(34-23(30)15-2-6-18(7-3-15)27(31)32)12-20(25)22(29)24-16-4-8-17(9-5-16)26-10-11-33-14-21(26)28/h2-9,19-20H,10-14H2,1H3,(H,24,29)/t19-,20+/m0/s1. The lowest BCUT2D eigenvalue weighted by Gasteiger charge is -2.27. The number of nitro benzene ring substituents is 1. The maximum atomic E-state index is 12.8. The van der Waals surface area contributed by atoms with Crippen LogP contribution in [0.3, 0.4) is 0 Å². The third-order valence-corrected chi connectivity index (χ3v) is 5.83. The molecule has 2 atom stereocenters. The molecule has 2 heterocycles. The summed E-state index contributed by atoms with van der Waals surface area (Å²) in [5.41, 5.74) is 1.43. The number of nitrogens with one attached hydrogen (secondary N) is 1. The monoisotopic (exact) mass is 468 g/mol. The fourth-order valence-corrected chi connectivity index (χ4v) is 4.02. The lowest BCUT2D eigenvalue weighted by molar-refractivity contribution is -0.384. The SMILES string of the molecule is CN1C[C@@H](OC(=O)c2ccc([N+](=O)[O-])cc2)C[C@@H]1C(=O)Nc1ccc(N2CCOCC2=O)cc1. The van der Waals surface area contributed by atoms with Gasteiger partial charge in [-0.1, -0.05) is 0 Å². The second-order valence-corrected chi connectivity index (χ2v) is 8.16. The Balaban J connectivity index is 1.32. The van der Waals surface area contributed by atoms with Crippen molar-refractivity contribution >= 4 is 34.8 Å². The van der Waals surface area contributed by atoms with Crippen molar-refractivity contribution in [3.05, 3.63) is 64.2 Å². The molecular weight excluding hydrogens is 444 g/mol. The molecule has 4 rings (SSSR count). The summed E-state index contributed by atoms with van der Waals surface area (Å²) < 4.78 is 10.7. The van der Waals surface area contributed by atoms with Crippen LogP contribution >= 0.6 is 0 Å². The van der Waals surface area contributed by atoms with Gasteiger partial charge in [-0.15, -0.1) is 0 Å². The highest BCUT2D eigenvalue weighted by Crippen LogP contribution is 2.24. The third-order valence-electron chi connectivity index (χ3n) is 5.83. The van der Waals surface area contributed by atoms with Crippen molar-refractivity contribution in [1.82, 2.24) is 4.90 Å². The number of hydrogen-bond acceptors (Lipinski definition) is 8. The smallest absolute Gasteiger partial charge is 0.338 e. The maximum absolute atomic E-state index is 12.8. The Labute approximate surface area is 195 Å². The van der Waals surface area contributed by atoms with Crippen LogP contribution in [-0.2, 0) is 19.1 Å². The van der Waals surface area contributed by atoms with Gasteiger partial charge in [0.05, 0.1) is 23.1 Å². The van der Waals surface area contributed by atoms with Gasteiger partial charge in [0.2, 0.25) is 5.91 Å². The molecule has 0 aliphatic carbocycles. The van der Waals surface area contributed by atoms with Crippen LogP contribution in [0.5, 0.6) is 0 Å². The molecule has 2 fully saturated rings. The predicted octanol–water partition coefficient (Wildman–Crippen LogP) is 1.83. The van der Waals surface area contributed by atoms with E-state index in [2.05, 4.69) is 5.32 Å². The highest BCUT2D eigenvalue weighted by molar-refractivity contribution is 5.97. The van der Waals surface area contributed by atoms with Gasteiger partial charge < -0.3 is 19.7 Å². The number of hydrogen-bond donors (Lipinski definition) is 1. The molecule has 2 saturated heterocycles. The first kappa shape index (κ1) is 23.3. The molecule has 0 bridgehead atoms. The summed E-state index contributed by atoms with van der Waals surface area (Å²) in [4.78, 5) is 50.9. The van der Waals surface area contributed by atoms with Gasteiger partial charge in [-0.2, -0.15) is 0 Å². The molecule has 11 nitrogen and oxygen atoms in total. The van der Waals surface area contributed by atoms with Crippen LogP contribution in [0.2, 0.25) is 0 Å². The van der Waals surface area contributed by atoms with E-state index in [-0.39, 0.29) is 29.7 Å². The zero-order valence-corrected chi connectivity index (χ0v) is 18.5. The molecule has 34 heavy (non-hydrogen) atoms. The number of likely N-dealkylation sites (N-methyl/N-ethyl adjacent to an activating group) is 1. The Hall–Kier alpha value is -3.83. The Morgan fingerprint density at radius 2 is 1.85 bits per heavy atom. The van der Waals surface area contributed by atoms with Crippen LogP contribution in [0, 0.1) is 10.1 Å². The average Bonchev–Trinajstić information content (AvgIpc) is 3.20. The summed E-state index contributed by atoms with van der Waals surface area (Å²) in [5, 5.41) is 13.6. The number of likely N-dealkylation sites (tertiary alicyclic amines) is 1. The molecule has 2 aliphatic rings. The molecule has 2 aromatic carbocycles. The molecule has 0 aromatic heterocycles. The first-order valence-electron chi connectivity index (χ1n) is 10.8. The average molecular weight is 468 g/mol. The van der Waals surface area contributed by atoms with E-state index in [0.29, 0.717) is 31.8 Å². The number of carbonyl (C=O) groups excluding carboxylic acids is 3. The number of benzene rings is 2. The van der Waals surface area contributed by atoms with E-state index in [9.17, 15) is 24.5 Å². The lowest BCUT2D eigenvalue weighted by atomic mass is 10.1. The minimum Gasteiger partial charge on any atom is -0.457 e. The van der Waals surface area contributed by atoms with Gasteiger partial charge in [0.25, 0.3) is 11.6 Å². The molecule has 0 spiro atoms. The zero-order valence-electron chi connectivity index (χ0n) is 18.5. The summed E-state index contributed by atoms with van der Waals surface area (Å²) in [6, 6.07) is 11.7. The van der Waals surface area contributed by atoms with E-state index in [0.717, 1.165) is 5.69 Å². The molecule has 0 saturated carbocycles. The largest absolute Gasteiger partial charge is 0.457 e. The molecule has 1 N–H and O–H groups in total. The van der Waals surface area contributed by atoms with E-state index < -0.39 is 23.0 Å². The Bertz CT molecular complexity index is 1090. The summed E-state index contributed by atoms with van der Waals surface area (Å²) in [6.45, 7) is 1.41. The summed E-state index contributed by atoms with van der Waals surface area (Å²) in [5.74, 6) is -0.931. The number of esters is 1. The highest BCUT2D eigenvalue weighted by atomic mass is 16.6. The summed E-state index contributed by atoms with van der Waals surface area (Å²) in [6.07, 6.45) is -0.167. The van der Waals surface area contributed by atoms with Gasteiger partial charge in [-0.25, -0.2) is 4.79 Å². The third kappa shape index (κ3) is 5.21. The van der Waals surface area contributed by atoms with E-state index in [4.69, 9.17) is 9.47 Å². The van der Waals surface area contributed by atoms with Gasteiger partial charge in [-0.05, 0) is 43.4 Å². The van der Waals surface area contributed by atoms with Crippen LogP contribution in [0.4, 0.5) is 17.1 Å². The van der Waals surface area contributed by atoms with Gasteiger partial charge >= 0.3 is 5.97 Å². The molecule has 2 amide bonds. The molecule has 2 aliphatic heterocycles. The molecule has 0 radical (unpaired) electrons. The van der Waals surface area contributed by atoms with Crippen LogP contribution < -0.4 is 10.2 Å². The van der Waals surface area contributed by atoms with Crippen LogP contribution in [0.1, 0.15) is 16.8 Å². The van der Waals surface area contributed by atoms with Crippen molar-refractivity contribution in [1.29, 1.82) is 0 Å². The predicted molar refractivity (Wildman–Crippen MR) is 122 cm³/mol. The number of morpholine rings is 1. The molecular formula is C23H24N4O7. The van der Waals surface area contributed by atoms with Crippen molar-refractivity contribution in [2.24, 2.45) is 0 Å². The number of nitrogens with zero attached hydrogens (tertiary/aromatic N) is 3. The topological polar surface area (TPSA) is 131 Å². The number of nitro groups is 1. The summed E-state index contributed by atoms with van der Waals surface area (Å²) in [7, 11) is 1.77. The second-order valence-electron chi connectivity index (χ2n) is 8.16. The molecule has 178 valence electrons. The van der Waals surface area contributed by atoms with Gasteiger partial charge in [0.1, 0.15) is 12.7 Å². The van der Waals surface area contributed by atoms with Crippen LogP contribution in [0.15, 0.2) is 48.5 Å². The van der Waals surface area contributed by atoms with Crippen molar-refractivity contribution in [3.8, 4) is 0 Å². The summed E-state index contributed by atoms with van der Waals surface area (Å²) >= 11 is 0. The Morgan fingerprint density at radius 3 is 2.50 bits per heavy atom. The molecule has 11 heteroatoms. The number of amides is 2. The van der Waals surface area contributed by atoms with E-state index in [1.165, 1.54) is 24.3 Å². The first-order chi connectivity index (χ1) is 16.3. The second kappa shape index (κ2) is 9.98. The molecule has 0 unspecified atom stereocenters. The first-order valence-corrected chi connectivity index (χ1v) is 10.8. The molecule has 2 aromatic rings. The lowest BCUT2D eigenvalue weighted by Crippen LogP contribution is -2.41. The van der Waals surface area contributed by atoms with Crippen LogP contribution in [0.25, 0.3) is 0 Å². The minimum absolute atomic E-state index is 0.0580. The fraction of sp³-hybridized carbons (Fsp3) is 0.348. The van der Waals surface area contributed by atoms with Gasteiger partial charge in [0, 0.05) is 43.0 Å². The van der Waals surface area contributed by atoms with E-state index in [1.807, 2.05) is 4.90 Å². The number of ether oxygens (including phenoxy) is 2. The maximum Gasteiger partial charge on any atom is 0.338 e. The quantitative estimate of drug-likeness (QED) is 0.386. The Kier molecular flexibility index (Phi) is 6.85. The van der Waals surface area contributed by atoms with Crippen LogP contribution in [-0.4, -0.2) is 73.1 Å².